The van der Waals surface area contributed by atoms with Crippen molar-refractivity contribution in [3.05, 3.63) is 60.2 Å². The molecule has 0 aliphatic carbocycles. The molecule has 0 spiro atoms. The van der Waals surface area contributed by atoms with Crippen molar-refractivity contribution in [1.29, 1.82) is 0 Å². The molecule has 5 N–H and O–H groups in total. The van der Waals surface area contributed by atoms with E-state index in [1.54, 1.807) is 24.3 Å². The van der Waals surface area contributed by atoms with E-state index in [0.717, 1.165) is 5.56 Å². The molecule has 2 aromatic carbocycles. The fourth-order valence-corrected chi connectivity index (χ4v) is 2.96. The number of carbonyl (C=O) groups is 3. The number of ether oxygens (including phenoxy) is 1. The van der Waals surface area contributed by atoms with Crippen molar-refractivity contribution in [3.63, 3.8) is 0 Å². The summed E-state index contributed by atoms with van der Waals surface area (Å²) in [6.45, 7) is 2.18. The highest BCUT2D eigenvalue weighted by Crippen LogP contribution is 2.16. The number of amides is 2. The second kappa shape index (κ2) is 13.7. The van der Waals surface area contributed by atoms with Crippen molar-refractivity contribution in [1.82, 2.24) is 10.6 Å². The Morgan fingerprint density at radius 2 is 1.73 bits per heavy atom. The highest BCUT2D eigenvalue weighted by molar-refractivity contribution is 5.89. The lowest BCUT2D eigenvalue weighted by Crippen LogP contribution is -2.52. The Morgan fingerprint density at radius 3 is 2.36 bits per heavy atom. The van der Waals surface area contributed by atoms with Gasteiger partial charge in [-0.2, -0.15) is 0 Å². The Morgan fingerprint density at radius 1 is 1.03 bits per heavy atom. The van der Waals surface area contributed by atoms with Crippen molar-refractivity contribution >= 4 is 23.5 Å². The lowest BCUT2D eigenvalue weighted by molar-refractivity contribution is -0.137. The summed E-state index contributed by atoms with van der Waals surface area (Å²) < 4.78 is 5.50. The monoisotopic (exact) mass is 457 g/mol. The van der Waals surface area contributed by atoms with Crippen LogP contribution in [0.1, 0.15) is 31.7 Å². The molecule has 0 aliphatic rings. The molecule has 0 aliphatic heterocycles. The van der Waals surface area contributed by atoms with E-state index >= 15 is 0 Å². The van der Waals surface area contributed by atoms with Gasteiger partial charge in [-0.05, 0) is 49.6 Å². The predicted octanol–water partition coefficient (Wildman–Crippen LogP) is 1.91. The van der Waals surface area contributed by atoms with Gasteiger partial charge < -0.3 is 30.9 Å². The quantitative estimate of drug-likeness (QED) is 0.216. The third kappa shape index (κ3) is 10.5. The van der Waals surface area contributed by atoms with Crippen LogP contribution in [0.25, 0.3) is 0 Å². The summed E-state index contributed by atoms with van der Waals surface area (Å²) in [4.78, 5) is 35.4. The Balaban J connectivity index is 1.93. The van der Waals surface area contributed by atoms with Crippen LogP contribution in [0.4, 0.5) is 5.69 Å². The summed E-state index contributed by atoms with van der Waals surface area (Å²) in [7, 11) is 0. The zero-order valence-electron chi connectivity index (χ0n) is 18.6. The third-order valence-electron chi connectivity index (χ3n) is 4.57. The van der Waals surface area contributed by atoms with Gasteiger partial charge in [0.2, 0.25) is 5.91 Å². The number of nitrogens with one attached hydrogen (secondary N) is 3. The molecule has 2 atom stereocenters. The van der Waals surface area contributed by atoms with Crippen molar-refractivity contribution in [2.75, 3.05) is 18.5 Å². The van der Waals surface area contributed by atoms with Crippen LogP contribution in [0.3, 0.4) is 0 Å². The van der Waals surface area contributed by atoms with Crippen LogP contribution >= 0.6 is 0 Å². The van der Waals surface area contributed by atoms with Gasteiger partial charge in [0.05, 0.1) is 19.1 Å². The van der Waals surface area contributed by atoms with E-state index in [-0.39, 0.29) is 19.4 Å². The maximum atomic E-state index is 12.7. The average molecular weight is 458 g/mol. The molecule has 178 valence electrons. The number of aliphatic carboxylic acids is 1. The van der Waals surface area contributed by atoms with Gasteiger partial charge in [-0.25, -0.2) is 0 Å². The first-order valence-corrected chi connectivity index (χ1v) is 10.8. The molecule has 9 nitrogen and oxygen atoms in total. The minimum absolute atomic E-state index is 0.0346. The van der Waals surface area contributed by atoms with E-state index in [0.29, 0.717) is 30.8 Å². The number of carbonyl (C=O) groups excluding carboxylic acids is 2. The minimum atomic E-state index is -1.03. The molecule has 0 heterocycles. The largest absolute Gasteiger partial charge is 0.494 e. The molecule has 0 bridgehead atoms. The van der Waals surface area contributed by atoms with Crippen molar-refractivity contribution < 1.29 is 29.3 Å². The molecule has 2 aromatic rings. The zero-order valence-corrected chi connectivity index (χ0v) is 18.6. The number of hydrogen-bond donors (Lipinski definition) is 5. The third-order valence-corrected chi connectivity index (χ3v) is 4.57. The summed E-state index contributed by atoms with van der Waals surface area (Å²) in [6, 6.07) is 16.5. The first-order chi connectivity index (χ1) is 15.8. The van der Waals surface area contributed by atoms with Crippen LogP contribution < -0.4 is 20.7 Å². The number of benzene rings is 2. The van der Waals surface area contributed by atoms with Crippen LogP contribution in [0, 0.1) is 0 Å². The minimum Gasteiger partial charge on any atom is -0.494 e. The zero-order chi connectivity index (χ0) is 24.1. The number of carboxylic acids is 1. The number of anilines is 1. The van der Waals surface area contributed by atoms with Crippen LogP contribution in [0.5, 0.6) is 5.75 Å². The lowest BCUT2D eigenvalue weighted by atomic mass is 10.1. The van der Waals surface area contributed by atoms with Crippen LogP contribution in [0.2, 0.25) is 0 Å². The van der Waals surface area contributed by atoms with Gasteiger partial charge >= 0.3 is 5.97 Å². The number of hydrogen-bond acceptors (Lipinski definition) is 6. The van der Waals surface area contributed by atoms with Gasteiger partial charge in [0.1, 0.15) is 5.75 Å². The fourth-order valence-electron chi connectivity index (χ4n) is 2.96. The molecule has 2 rings (SSSR count). The number of rotatable bonds is 14. The van der Waals surface area contributed by atoms with E-state index in [1.807, 2.05) is 30.3 Å². The topological polar surface area (TPSA) is 137 Å². The molecular weight excluding hydrogens is 426 g/mol. The second-order valence-corrected chi connectivity index (χ2v) is 7.59. The van der Waals surface area contributed by atoms with Crippen molar-refractivity contribution in [2.24, 2.45) is 0 Å². The molecule has 0 saturated carbocycles. The first-order valence-electron chi connectivity index (χ1n) is 10.8. The van der Waals surface area contributed by atoms with E-state index in [2.05, 4.69) is 16.0 Å². The lowest BCUT2D eigenvalue weighted by Gasteiger charge is -2.21. The van der Waals surface area contributed by atoms with Gasteiger partial charge in [0, 0.05) is 18.7 Å². The maximum absolute atomic E-state index is 12.7. The van der Waals surface area contributed by atoms with E-state index in [1.165, 1.54) is 6.92 Å². The van der Waals surface area contributed by atoms with Crippen LogP contribution in [0.15, 0.2) is 54.6 Å². The highest BCUT2D eigenvalue weighted by atomic mass is 16.5. The van der Waals surface area contributed by atoms with Gasteiger partial charge in [0.25, 0.3) is 5.91 Å². The van der Waals surface area contributed by atoms with Crippen molar-refractivity contribution in [3.8, 4) is 5.75 Å². The predicted molar refractivity (Wildman–Crippen MR) is 124 cm³/mol. The van der Waals surface area contributed by atoms with Gasteiger partial charge in [-0.1, -0.05) is 30.3 Å². The number of aliphatic hydroxyl groups excluding tert-OH is 1. The Bertz CT molecular complexity index is 887. The Hall–Kier alpha value is -3.59. The van der Waals surface area contributed by atoms with Gasteiger partial charge in [-0.15, -0.1) is 0 Å². The number of aliphatic hydroxyl groups is 1. The summed E-state index contributed by atoms with van der Waals surface area (Å²) >= 11 is 0. The van der Waals surface area contributed by atoms with Gasteiger partial charge in [0.15, 0.2) is 6.17 Å². The fraction of sp³-hybridized carbons (Fsp3) is 0.375. The van der Waals surface area contributed by atoms with Crippen LogP contribution in [-0.2, 0) is 20.8 Å². The molecule has 0 saturated heterocycles. The van der Waals surface area contributed by atoms with E-state index in [9.17, 15) is 19.5 Å². The second-order valence-electron chi connectivity index (χ2n) is 7.59. The first kappa shape index (κ1) is 25.7. The standard InChI is InChI=1S/C24H31N3O6/c1-17(28)16-21(29)27-23(24(32)25-14-13-18-6-3-2-4-7-18)26-19-9-11-20(12-10-19)33-15-5-8-22(30)31/h2-4,6-7,9-12,17,23,26,28H,5,8,13-16H2,1H3,(H,25,32)(H,27,29)(H,30,31). The van der Waals surface area contributed by atoms with Gasteiger partial charge in [-0.3, -0.25) is 14.4 Å². The summed E-state index contributed by atoms with van der Waals surface area (Å²) in [6.07, 6.45) is -0.908. The smallest absolute Gasteiger partial charge is 0.303 e. The maximum Gasteiger partial charge on any atom is 0.303 e. The summed E-state index contributed by atoms with van der Waals surface area (Å²) in [5.41, 5.74) is 1.66. The summed E-state index contributed by atoms with van der Waals surface area (Å²) in [5, 5.41) is 26.5. The molecule has 0 radical (unpaired) electrons. The Labute approximate surface area is 193 Å². The summed E-state index contributed by atoms with van der Waals surface area (Å²) in [5.74, 6) is -1.17. The highest BCUT2D eigenvalue weighted by Gasteiger charge is 2.21. The number of carboxylic acid groups (broad SMARTS) is 1. The molecule has 33 heavy (non-hydrogen) atoms. The molecule has 2 unspecified atom stereocenters. The molecule has 0 aromatic heterocycles. The SMILES string of the molecule is CC(O)CC(=O)NC(Nc1ccc(OCCCC(=O)O)cc1)C(=O)NCCc1ccccc1. The molecule has 9 heteroatoms. The van der Waals surface area contributed by atoms with E-state index < -0.39 is 30.1 Å². The Kier molecular flexibility index (Phi) is 10.7. The van der Waals surface area contributed by atoms with E-state index in [4.69, 9.17) is 9.84 Å². The normalized spacial score (nSPS) is 12.3. The van der Waals surface area contributed by atoms with Crippen LogP contribution in [-0.4, -0.2) is 53.4 Å². The van der Waals surface area contributed by atoms with Crippen molar-refractivity contribution in [2.45, 2.75) is 44.9 Å². The average Bonchev–Trinajstić information content (AvgIpc) is 2.77. The molecular formula is C24H31N3O6. The molecule has 0 fully saturated rings. The molecule has 2 amide bonds.